The molecule has 174 valence electrons. The minimum absolute atomic E-state index is 0.00888. The highest BCUT2D eigenvalue weighted by molar-refractivity contribution is 6.00. The molecule has 2 aromatic carbocycles. The Hall–Kier alpha value is -3.43. The van der Waals surface area contributed by atoms with Gasteiger partial charge < -0.3 is 14.1 Å². The Morgan fingerprint density at radius 1 is 1.09 bits per heavy atom. The summed E-state index contributed by atoms with van der Waals surface area (Å²) in [5.74, 6) is -0.494. The number of hydrogen-bond donors (Lipinski definition) is 1. The molecular weight excluding hydrogens is 424 g/mol. The number of ether oxygens (including phenoxy) is 1. The van der Waals surface area contributed by atoms with E-state index in [9.17, 15) is 14.4 Å². The summed E-state index contributed by atoms with van der Waals surface area (Å²) in [7, 11) is 2.08. The number of rotatable bonds is 7. The van der Waals surface area contributed by atoms with E-state index in [4.69, 9.17) is 9.15 Å². The fourth-order valence-corrected chi connectivity index (χ4v) is 3.90. The molecule has 33 heavy (non-hydrogen) atoms. The molecule has 0 saturated carbocycles. The van der Waals surface area contributed by atoms with Crippen LogP contribution in [0.3, 0.4) is 0 Å². The van der Waals surface area contributed by atoms with Crippen molar-refractivity contribution in [3.8, 4) is 0 Å². The van der Waals surface area contributed by atoms with Gasteiger partial charge in [-0.05, 0) is 49.9 Å². The fourth-order valence-electron chi connectivity index (χ4n) is 3.90. The molecule has 0 atom stereocenters. The number of likely N-dealkylation sites (N-methyl/N-ethyl adjacent to an activating group) is 1. The summed E-state index contributed by atoms with van der Waals surface area (Å²) < 4.78 is 11.8. The third-order valence-electron chi connectivity index (χ3n) is 5.74. The second-order valence-corrected chi connectivity index (χ2v) is 8.19. The largest absolute Gasteiger partial charge is 0.450 e. The van der Waals surface area contributed by atoms with Crippen LogP contribution in [0, 0.1) is 0 Å². The molecule has 1 saturated heterocycles. The van der Waals surface area contributed by atoms with E-state index in [1.807, 2.05) is 6.07 Å². The van der Waals surface area contributed by atoms with E-state index < -0.39 is 11.8 Å². The predicted octanol–water partition coefficient (Wildman–Crippen LogP) is 2.64. The first-order chi connectivity index (χ1) is 15.9. The van der Waals surface area contributed by atoms with Crippen molar-refractivity contribution >= 4 is 28.7 Å². The molecule has 0 radical (unpaired) electrons. The number of ketones is 1. The van der Waals surface area contributed by atoms with Crippen LogP contribution in [0.5, 0.6) is 0 Å². The van der Waals surface area contributed by atoms with Gasteiger partial charge in [-0.3, -0.25) is 19.6 Å². The quantitative estimate of drug-likeness (QED) is 0.551. The van der Waals surface area contributed by atoms with Crippen molar-refractivity contribution in [2.45, 2.75) is 13.5 Å². The average molecular weight is 453 g/mol. The molecule has 1 N–H and O–H groups in total. The number of nitrogens with one attached hydrogen (secondary N) is 1. The summed E-state index contributed by atoms with van der Waals surface area (Å²) >= 11 is 0. The van der Waals surface area contributed by atoms with E-state index in [2.05, 4.69) is 22.2 Å². The van der Waals surface area contributed by atoms with Gasteiger partial charge in [-0.25, -0.2) is 9.59 Å². The summed E-state index contributed by atoms with van der Waals surface area (Å²) in [4.78, 5) is 41.3. The zero-order chi connectivity index (χ0) is 23.4. The molecule has 1 fully saturated rings. The van der Waals surface area contributed by atoms with Crippen molar-refractivity contribution in [2.24, 2.45) is 0 Å². The Kier molecular flexibility index (Phi) is 6.90. The van der Waals surface area contributed by atoms with Gasteiger partial charge in [-0.2, -0.15) is 0 Å². The van der Waals surface area contributed by atoms with Crippen LogP contribution in [0.2, 0.25) is 0 Å². The second-order valence-electron chi connectivity index (χ2n) is 8.19. The van der Waals surface area contributed by atoms with Crippen molar-refractivity contribution in [3.05, 3.63) is 64.1 Å². The van der Waals surface area contributed by atoms with Gasteiger partial charge in [0.05, 0.1) is 25.2 Å². The van der Waals surface area contributed by atoms with E-state index >= 15 is 0 Å². The van der Waals surface area contributed by atoms with Crippen molar-refractivity contribution in [1.82, 2.24) is 14.4 Å². The Morgan fingerprint density at radius 3 is 2.64 bits per heavy atom. The van der Waals surface area contributed by atoms with Gasteiger partial charge in [0.15, 0.2) is 11.4 Å². The van der Waals surface area contributed by atoms with Crippen molar-refractivity contribution in [1.29, 1.82) is 0 Å². The van der Waals surface area contributed by atoms with Crippen LogP contribution in [0.15, 0.2) is 51.7 Å². The number of carbonyl (C=O) groups excluding carboxylic acids is 2. The molecule has 0 spiro atoms. The fraction of sp³-hybridized carbons (Fsp3) is 0.375. The van der Waals surface area contributed by atoms with E-state index in [-0.39, 0.29) is 18.9 Å². The lowest BCUT2D eigenvalue weighted by atomic mass is 10.1. The van der Waals surface area contributed by atoms with Crippen molar-refractivity contribution in [3.63, 3.8) is 0 Å². The molecule has 0 bridgehead atoms. The van der Waals surface area contributed by atoms with Crippen LogP contribution in [-0.4, -0.2) is 72.6 Å². The number of Topliss-reactive ketones (excluding diaryl/α,β-unsaturated/α-hetero) is 1. The number of hydrogen-bond acceptors (Lipinski definition) is 7. The lowest BCUT2D eigenvalue weighted by molar-refractivity contribution is 0.0876. The smallest absolute Gasteiger partial charge is 0.420 e. The minimum atomic E-state index is -0.533. The highest BCUT2D eigenvalue weighted by atomic mass is 16.5. The van der Waals surface area contributed by atoms with Gasteiger partial charge >= 0.3 is 11.8 Å². The Labute approximate surface area is 191 Å². The number of nitrogens with zero attached hydrogens (tertiary/aromatic N) is 3. The number of fused-ring (bicyclic) bond motifs is 1. The van der Waals surface area contributed by atoms with E-state index in [0.717, 1.165) is 31.7 Å². The number of anilines is 1. The van der Waals surface area contributed by atoms with Crippen LogP contribution >= 0.6 is 0 Å². The van der Waals surface area contributed by atoms with E-state index in [1.165, 1.54) is 4.57 Å². The molecule has 4 rings (SSSR count). The molecule has 9 heteroatoms. The van der Waals surface area contributed by atoms with Gasteiger partial charge in [0.25, 0.3) is 0 Å². The molecule has 2 heterocycles. The van der Waals surface area contributed by atoms with Crippen LogP contribution in [0.1, 0.15) is 22.8 Å². The van der Waals surface area contributed by atoms with Crippen molar-refractivity contribution in [2.75, 3.05) is 51.7 Å². The summed E-state index contributed by atoms with van der Waals surface area (Å²) in [6.45, 7) is 6.24. The summed E-state index contributed by atoms with van der Waals surface area (Å²) in [5, 5.41) is 2.65. The average Bonchev–Trinajstić information content (AvgIpc) is 3.10. The zero-order valence-electron chi connectivity index (χ0n) is 18.9. The number of carbonyl (C=O) groups is 2. The molecular formula is C24H28N4O5. The predicted molar refractivity (Wildman–Crippen MR) is 125 cm³/mol. The van der Waals surface area contributed by atoms with Gasteiger partial charge in [-0.15, -0.1) is 0 Å². The standard InChI is InChI=1S/C24H28N4O5/c1-3-32-23(30)25-19-6-4-5-17(13-19)15-28-20-8-7-18(14-22(20)33-24(28)31)21(29)16-27-11-9-26(2)10-12-27/h4-8,13-14H,3,9-12,15-16H2,1-2H3,(H,25,30). The third-order valence-corrected chi connectivity index (χ3v) is 5.74. The monoisotopic (exact) mass is 452 g/mol. The highest BCUT2D eigenvalue weighted by Gasteiger charge is 2.19. The van der Waals surface area contributed by atoms with Gasteiger partial charge in [0.2, 0.25) is 0 Å². The molecule has 9 nitrogen and oxygen atoms in total. The molecule has 0 unspecified atom stereocenters. The molecule has 0 aliphatic carbocycles. The summed E-state index contributed by atoms with van der Waals surface area (Å²) in [6.07, 6.45) is -0.533. The van der Waals surface area contributed by atoms with Crippen LogP contribution in [0.4, 0.5) is 10.5 Å². The zero-order valence-corrected chi connectivity index (χ0v) is 18.9. The highest BCUT2D eigenvalue weighted by Crippen LogP contribution is 2.19. The Bertz CT molecular complexity index is 1210. The second kappa shape index (κ2) is 10.0. The minimum Gasteiger partial charge on any atom is -0.450 e. The van der Waals surface area contributed by atoms with E-state index in [1.54, 1.807) is 43.3 Å². The lowest BCUT2D eigenvalue weighted by Crippen LogP contribution is -2.46. The number of amides is 1. The maximum Gasteiger partial charge on any atom is 0.420 e. The summed E-state index contributed by atoms with van der Waals surface area (Å²) in [5.41, 5.74) is 2.90. The topological polar surface area (TPSA) is 97.0 Å². The van der Waals surface area contributed by atoms with Gasteiger partial charge in [0, 0.05) is 37.4 Å². The molecule has 3 aromatic rings. The molecule has 1 aromatic heterocycles. The molecule has 1 aliphatic heterocycles. The first-order valence-corrected chi connectivity index (χ1v) is 11.0. The number of aromatic nitrogens is 1. The van der Waals surface area contributed by atoms with Crippen molar-refractivity contribution < 1.29 is 18.7 Å². The third kappa shape index (κ3) is 5.50. The first-order valence-electron chi connectivity index (χ1n) is 11.0. The number of oxazole rings is 1. The maximum absolute atomic E-state index is 12.8. The lowest BCUT2D eigenvalue weighted by Gasteiger charge is -2.31. The molecule has 1 amide bonds. The van der Waals surface area contributed by atoms with Gasteiger partial charge in [0.1, 0.15) is 0 Å². The Balaban J connectivity index is 1.50. The molecule has 1 aliphatic rings. The number of piperazine rings is 1. The SMILES string of the molecule is CCOC(=O)Nc1cccc(Cn2c(=O)oc3cc(C(=O)CN4CCN(C)CC4)ccc32)c1. The van der Waals surface area contributed by atoms with Crippen LogP contribution in [0.25, 0.3) is 11.1 Å². The van der Waals surface area contributed by atoms with Crippen LogP contribution < -0.4 is 11.1 Å². The maximum atomic E-state index is 12.8. The normalized spacial score (nSPS) is 15.0. The first kappa shape index (κ1) is 22.8. The summed E-state index contributed by atoms with van der Waals surface area (Å²) in [6, 6.07) is 12.3. The van der Waals surface area contributed by atoms with E-state index in [0.29, 0.717) is 28.9 Å². The number of benzene rings is 2. The Morgan fingerprint density at radius 2 is 1.88 bits per heavy atom. The van der Waals surface area contributed by atoms with Gasteiger partial charge in [-0.1, -0.05) is 12.1 Å². The van der Waals surface area contributed by atoms with Crippen LogP contribution in [-0.2, 0) is 11.3 Å².